The molecule has 3 rings (SSSR count). The fourth-order valence-corrected chi connectivity index (χ4v) is 2.99. The largest absolute Gasteiger partial charge is 0.481 e. The summed E-state index contributed by atoms with van der Waals surface area (Å²) in [6.07, 6.45) is 2.42. The lowest BCUT2D eigenvalue weighted by Crippen LogP contribution is -2.03. The van der Waals surface area contributed by atoms with Crippen LogP contribution >= 0.6 is 0 Å². The Bertz CT molecular complexity index is 831. The smallest absolute Gasteiger partial charge is 0.303 e. The molecule has 2 heterocycles. The number of aromatic nitrogens is 1. The molecule has 23 heavy (non-hydrogen) atoms. The van der Waals surface area contributed by atoms with Gasteiger partial charge in [0.1, 0.15) is 0 Å². The molecule has 0 saturated heterocycles. The predicted octanol–water partition coefficient (Wildman–Crippen LogP) is 3.14. The van der Waals surface area contributed by atoms with Crippen LogP contribution in [0.25, 0.3) is 11.6 Å². The number of fused-ring (bicyclic) bond motifs is 1. The zero-order valence-electron chi connectivity index (χ0n) is 13.1. The van der Waals surface area contributed by atoms with Crippen LogP contribution in [-0.4, -0.2) is 22.0 Å². The minimum Gasteiger partial charge on any atom is -0.481 e. The van der Waals surface area contributed by atoms with Gasteiger partial charge in [0, 0.05) is 29.1 Å². The van der Waals surface area contributed by atoms with Crippen LogP contribution in [0.5, 0.6) is 0 Å². The summed E-state index contributed by atoms with van der Waals surface area (Å²) < 4.78 is 0. The Morgan fingerprint density at radius 1 is 1.26 bits per heavy atom. The van der Waals surface area contributed by atoms with Crippen LogP contribution in [0.4, 0.5) is 5.69 Å². The average Bonchev–Trinajstić information content (AvgIpc) is 2.95. The van der Waals surface area contributed by atoms with Crippen LogP contribution in [0.1, 0.15) is 34.5 Å². The molecule has 0 aliphatic carbocycles. The van der Waals surface area contributed by atoms with Gasteiger partial charge in [-0.25, -0.2) is 0 Å². The first-order chi connectivity index (χ1) is 11.0. The van der Waals surface area contributed by atoms with Crippen LogP contribution in [0.15, 0.2) is 24.3 Å². The lowest BCUT2D eigenvalue weighted by molar-refractivity contribution is -0.137. The molecule has 1 aliphatic heterocycles. The SMILES string of the molecule is Cc1[nH]c(/[14CH]=C2\C(=O)Nc3ccccc32)c(C)c1CCC(=O)O. The molecular formula is C18H18N2O3. The maximum absolute atomic E-state index is 12.2. The molecular weight excluding hydrogens is 294 g/mol. The number of H-pyrrole nitrogens is 1. The number of amides is 1. The molecule has 0 atom stereocenters. The van der Waals surface area contributed by atoms with Gasteiger partial charge in [0.25, 0.3) is 5.91 Å². The molecule has 0 unspecified atom stereocenters. The van der Waals surface area contributed by atoms with Gasteiger partial charge in [-0.3, -0.25) is 9.59 Å². The summed E-state index contributed by atoms with van der Waals surface area (Å²) in [5.74, 6) is -0.932. The Morgan fingerprint density at radius 3 is 2.74 bits per heavy atom. The normalized spacial score (nSPS) is 14.9. The fraction of sp³-hybridized carbons (Fsp3) is 0.222. The third-order valence-electron chi connectivity index (χ3n) is 4.22. The lowest BCUT2D eigenvalue weighted by atomic mass is 10.1. The maximum Gasteiger partial charge on any atom is 0.303 e. The number of carboxylic acid groups (broad SMARTS) is 1. The van der Waals surface area contributed by atoms with Crippen molar-refractivity contribution in [3.63, 3.8) is 0 Å². The number of carboxylic acids is 1. The van der Waals surface area contributed by atoms with Gasteiger partial charge < -0.3 is 15.4 Å². The first-order valence-corrected chi connectivity index (χ1v) is 7.49. The molecule has 1 aliphatic rings. The van der Waals surface area contributed by atoms with Gasteiger partial charge in [0.2, 0.25) is 0 Å². The van der Waals surface area contributed by atoms with Gasteiger partial charge in [0.05, 0.1) is 5.57 Å². The number of hydrogen-bond donors (Lipinski definition) is 3. The molecule has 118 valence electrons. The molecule has 5 nitrogen and oxygen atoms in total. The molecule has 0 saturated carbocycles. The highest BCUT2D eigenvalue weighted by atomic mass is 16.4. The summed E-state index contributed by atoms with van der Waals surface area (Å²) in [6, 6.07) is 7.57. The summed E-state index contributed by atoms with van der Waals surface area (Å²) in [7, 11) is 0. The van der Waals surface area contributed by atoms with Crippen molar-refractivity contribution in [2.45, 2.75) is 26.7 Å². The van der Waals surface area contributed by atoms with Crippen LogP contribution in [0.3, 0.4) is 0 Å². The van der Waals surface area contributed by atoms with Crippen molar-refractivity contribution in [3.05, 3.63) is 52.3 Å². The molecule has 0 fully saturated rings. The maximum atomic E-state index is 12.2. The monoisotopic (exact) mass is 312 g/mol. The van der Waals surface area contributed by atoms with E-state index < -0.39 is 5.97 Å². The summed E-state index contributed by atoms with van der Waals surface area (Å²) in [5, 5.41) is 11.7. The second-order valence-corrected chi connectivity index (χ2v) is 5.72. The molecule has 3 N–H and O–H groups in total. The van der Waals surface area contributed by atoms with Gasteiger partial charge in [-0.15, -0.1) is 0 Å². The summed E-state index contributed by atoms with van der Waals surface area (Å²) in [5.41, 5.74) is 6.12. The second kappa shape index (κ2) is 5.76. The Hall–Kier alpha value is -2.82. The van der Waals surface area contributed by atoms with Gasteiger partial charge in [0.15, 0.2) is 0 Å². The third kappa shape index (κ3) is 2.77. The first-order valence-electron chi connectivity index (χ1n) is 7.49. The highest BCUT2D eigenvalue weighted by Gasteiger charge is 2.24. The molecule has 1 amide bonds. The van der Waals surface area contributed by atoms with E-state index in [1.54, 1.807) is 0 Å². The molecule has 0 spiro atoms. The van der Waals surface area contributed by atoms with Crippen molar-refractivity contribution >= 4 is 29.2 Å². The van der Waals surface area contributed by atoms with Crippen molar-refractivity contribution in [3.8, 4) is 0 Å². The van der Waals surface area contributed by atoms with Gasteiger partial charge in [-0.1, -0.05) is 18.2 Å². The van der Waals surface area contributed by atoms with E-state index in [0.717, 1.165) is 33.8 Å². The number of carbonyl (C=O) groups is 2. The Morgan fingerprint density at radius 2 is 2.00 bits per heavy atom. The zero-order valence-corrected chi connectivity index (χ0v) is 13.1. The van der Waals surface area contributed by atoms with Crippen molar-refractivity contribution in [2.24, 2.45) is 0 Å². The molecule has 0 radical (unpaired) electrons. The molecule has 0 bridgehead atoms. The Kier molecular flexibility index (Phi) is 3.78. The second-order valence-electron chi connectivity index (χ2n) is 5.72. The van der Waals surface area contributed by atoms with Crippen molar-refractivity contribution < 1.29 is 14.7 Å². The van der Waals surface area contributed by atoms with Gasteiger partial charge >= 0.3 is 5.97 Å². The van der Waals surface area contributed by atoms with E-state index in [0.29, 0.717) is 12.0 Å². The van der Waals surface area contributed by atoms with Crippen LogP contribution < -0.4 is 5.32 Å². The van der Waals surface area contributed by atoms with E-state index >= 15 is 0 Å². The summed E-state index contributed by atoms with van der Waals surface area (Å²) >= 11 is 0. The number of para-hydroxylation sites is 1. The first kappa shape index (κ1) is 15.1. The Labute approximate surface area is 134 Å². The number of nitrogens with one attached hydrogen (secondary N) is 2. The average molecular weight is 312 g/mol. The highest BCUT2D eigenvalue weighted by Crippen LogP contribution is 2.33. The number of benzene rings is 1. The van der Waals surface area contributed by atoms with E-state index in [4.69, 9.17) is 5.11 Å². The molecule has 1 aromatic carbocycles. The van der Waals surface area contributed by atoms with Crippen LogP contribution in [-0.2, 0) is 16.0 Å². The van der Waals surface area contributed by atoms with Gasteiger partial charge in [-0.2, -0.15) is 0 Å². The third-order valence-corrected chi connectivity index (χ3v) is 4.22. The number of rotatable bonds is 4. The number of aryl methyl sites for hydroxylation is 1. The van der Waals surface area contributed by atoms with E-state index in [1.165, 1.54) is 0 Å². The van der Waals surface area contributed by atoms with Crippen LogP contribution in [0.2, 0.25) is 0 Å². The minimum absolute atomic E-state index is 0.0961. The predicted molar refractivity (Wildman–Crippen MR) is 89.2 cm³/mol. The standard InChI is InChI=1S/C18H18N2O3/c1-10-12(7-8-17(21)22)11(2)19-16(10)9-14-13-5-3-4-6-15(13)20-18(14)23/h3-6,9,19H,7-8H2,1-2H3,(H,20,23)(H,21,22)/b14-9-/i9+2. The van der Waals surface area contributed by atoms with E-state index in [9.17, 15) is 9.59 Å². The molecule has 2 aromatic rings. The highest BCUT2D eigenvalue weighted by molar-refractivity contribution is 6.34. The van der Waals surface area contributed by atoms with Gasteiger partial charge in [-0.05, 0) is 43.5 Å². The van der Waals surface area contributed by atoms with Crippen LogP contribution in [0, 0.1) is 13.8 Å². The fourth-order valence-electron chi connectivity index (χ4n) is 2.99. The number of aliphatic carboxylic acids is 1. The Balaban J connectivity index is 1.99. The van der Waals surface area contributed by atoms with E-state index in [-0.39, 0.29) is 12.3 Å². The number of hydrogen-bond acceptors (Lipinski definition) is 2. The topological polar surface area (TPSA) is 82.2 Å². The van der Waals surface area contributed by atoms with Crippen molar-refractivity contribution in [2.75, 3.05) is 5.32 Å². The summed E-state index contributed by atoms with van der Waals surface area (Å²) in [4.78, 5) is 26.2. The zero-order chi connectivity index (χ0) is 16.6. The lowest BCUT2D eigenvalue weighted by Gasteiger charge is -2.00. The quantitative estimate of drug-likeness (QED) is 0.759. The molecule has 5 heteroatoms. The van der Waals surface area contributed by atoms with E-state index in [2.05, 4.69) is 10.3 Å². The summed E-state index contributed by atoms with van der Waals surface area (Å²) in [6.45, 7) is 3.88. The molecule has 1 aromatic heterocycles. The minimum atomic E-state index is -0.811. The number of carbonyl (C=O) groups excluding carboxylic acids is 1. The van der Waals surface area contributed by atoms with Crippen molar-refractivity contribution in [1.29, 1.82) is 0 Å². The number of anilines is 1. The number of aromatic amines is 1. The van der Waals surface area contributed by atoms with E-state index in [1.807, 2.05) is 44.2 Å². The van der Waals surface area contributed by atoms with Crippen molar-refractivity contribution in [1.82, 2.24) is 4.98 Å².